The smallest absolute Gasteiger partial charge is 0.243 e. The molecule has 0 fully saturated rings. The number of anilines is 1. The van der Waals surface area contributed by atoms with Crippen molar-refractivity contribution in [3.63, 3.8) is 0 Å². The molecule has 0 heterocycles. The van der Waals surface area contributed by atoms with E-state index in [1.54, 1.807) is 70.0 Å². The largest absolute Gasteiger partial charge is 0.325 e. The number of likely N-dealkylation sites (N-methyl/N-ethyl adjacent to an activating group) is 1. The summed E-state index contributed by atoms with van der Waals surface area (Å²) in [5.74, 6) is -0.620. The number of hydrogen-bond donors (Lipinski definition) is 1. The van der Waals surface area contributed by atoms with E-state index in [4.69, 9.17) is 0 Å². The number of hydrogen-bond acceptors (Lipinski definition) is 4. The number of nitrogens with one attached hydrogen (secondary N) is 1. The highest BCUT2D eigenvalue weighted by Crippen LogP contribution is 2.24. The van der Waals surface area contributed by atoms with Crippen molar-refractivity contribution < 1.29 is 17.6 Å². The van der Waals surface area contributed by atoms with E-state index in [9.17, 15) is 17.6 Å². The Bertz CT molecular complexity index is 991. The lowest BCUT2D eigenvalue weighted by atomic mass is 10.1. The molecule has 0 radical (unpaired) electrons. The highest BCUT2D eigenvalue weighted by molar-refractivity contribution is 7.89. The van der Waals surface area contributed by atoms with E-state index in [1.165, 1.54) is 16.4 Å². The molecular weight excluding hydrogens is 405 g/mol. The Labute approximate surface area is 178 Å². The maximum Gasteiger partial charge on any atom is 0.243 e. The highest BCUT2D eigenvalue weighted by Gasteiger charge is 2.25. The van der Waals surface area contributed by atoms with Gasteiger partial charge in [-0.1, -0.05) is 38.1 Å². The van der Waals surface area contributed by atoms with Crippen LogP contribution in [0.5, 0.6) is 0 Å². The van der Waals surface area contributed by atoms with Gasteiger partial charge in [0.2, 0.25) is 15.9 Å². The van der Waals surface area contributed by atoms with Crippen molar-refractivity contribution in [1.29, 1.82) is 0 Å². The molecule has 0 bridgehead atoms. The van der Waals surface area contributed by atoms with E-state index in [0.717, 1.165) is 0 Å². The molecular formula is C22H30FN3O3S. The summed E-state index contributed by atoms with van der Waals surface area (Å²) < 4.78 is 41.1. The van der Waals surface area contributed by atoms with Gasteiger partial charge in [0.25, 0.3) is 0 Å². The van der Waals surface area contributed by atoms with Crippen LogP contribution in [-0.4, -0.2) is 49.7 Å². The van der Waals surface area contributed by atoms with Crippen LogP contribution in [0.25, 0.3) is 0 Å². The predicted octanol–water partition coefficient (Wildman–Crippen LogP) is 3.62. The second-order valence-corrected chi connectivity index (χ2v) is 9.15. The van der Waals surface area contributed by atoms with Gasteiger partial charge in [-0.3, -0.25) is 9.69 Å². The molecule has 0 saturated heterocycles. The van der Waals surface area contributed by atoms with Gasteiger partial charge in [0.05, 0.1) is 10.9 Å². The molecule has 2 aromatic carbocycles. The Morgan fingerprint density at radius 2 is 1.77 bits per heavy atom. The van der Waals surface area contributed by atoms with Crippen molar-refractivity contribution in [2.75, 3.05) is 25.5 Å². The summed E-state index contributed by atoms with van der Waals surface area (Å²) in [6.45, 7) is 8.03. The molecule has 164 valence electrons. The van der Waals surface area contributed by atoms with Crippen LogP contribution in [0.4, 0.5) is 10.1 Å². The Morgan fingerprint density at radius 1 is 1.13 bits per heavy atom. The minimum absolute atomic E-state index is 0.177. The summed E-state index contributed by atoms with van der Waals surface area (Å²) in [6, 6.07) is 10.7. The number of benzene rings is 2. The van der Waals surface area contributed by atoms with Crippen LogP contribution in [-0.2, 0) is 21.4 Å². The number of amides is 1. The Balaban J connectivity index is 2.17. The SMILES string of the molecule is CCN(CC)S(=O)(=O)c1cc(NC(=O)C(C)N(C)Cc2ccccc2F)ccc1C. The second-order valence-electron chi connectivity index (χ2n) is 7.24. The fourth-order valence-corrected chi connectivity index (χ4v) is 4.85. The first-order valence-electron chi connectivity index (χ1n) is 9.97. The third-order valence-corrected chi connectivity index (χ3v) is 7.39. The standard InChI is InChI=1S/C22H30FN3O3S/c1-6-26(7-2)30(28,29)21-14-19(13-12-16(21)3)24-22(27)17(4)25(5)15-18-10-8-9-11-20(18)23/h8-14,17H,6-7,15H2,1-5H3,(H,24,27). The second kappa shape index (κ2) is 10.1. The zero-order valence-electron chi connectivity index (χ0n) is 18.1. The van der Waals surface area contributed by atoms with Crippen molar-refractivity contribution in [3.8, 4) is 0 Å². The minimum Gasteiger partial charge on any atom is -0.325 e. The fourth-order valence-electron chi connectivity index (χ4n) is 3.14. The molecule has 1 unspecified atom stereocenters. The Hall–Kier alpha value is -2.29. The van der Waals surface area contributed by atoms with Crippen molar-refractivity contribution in [2.45, 2.75) is 45.2 Å². The summed E-state index contributed by atoms with van der Waals surface area (Å²) in [6.07, 6.45) is 0. The van der Waals surface area contributed by atoms with Crippen LogP contribution in [0.15, 0.2) is 47.4 Å². The molecule has 2 aromatic rings. The maximum absolute atomic E-state index is 13.9. The molecule has 1 amide bonds. The van der Waals surface area contributed by atoms with E-state index >= 15 is 0 Å². The van der Waals surface area contributed by atoms with Crippen molar-refractivity contribution in [3.05, 3.63) is 59.4 Å². The van der Waals surface area contributed by atoms with Gasteiger partial charge in [-0.25, -0.2) is 12.8 Å². The maximum atomic E-state index is 13.9. The summed E-state index contributed by atoms with van der Waals surface area (Å²) in [5.41, 5.74) is 1.52. The zero-order chi connectivity index (χ0) is 22.5. The van der Waals surface area contributed by atoms with E-state index in [2.05, 4.69) is 5.32 Å². The summed E-state index contributed by atoms with van der Waals surface area (Å²) in [7, 11) is -1.90. The average molecular weight is 436 g/mol. The Kier molecular flexibility index (Phi) is 8.11. The molecule has 30 heavy (non-hydrogen) atoms. The van der Waals surface area contributed by atoms with Gasteiger partial charge in [0.1, 0.15) is 5.82 Å². The van der Waals surface area contributed by atoms with E-state index < -0.39 is 16.1 Å². The van der Waals surface area contributed by atoms with Crippen LogP contribution >= 0.6 is 0 Å². The van der Waals surface area contributed by atoms with E-state index in [-0.39, 0.29) is 23.2 Å². The van der Waals surface area contributed by atoms with Gasteiger partial charge in [0.15, 0.2) is 0 Å². The quantitative estimate of drug-likeness (QED) is 0.653. The normalized spacial score (nSPS) is 12.9. The minimum atomic E-state index is -3.64. The average Bonchev–Trinajstić information content (AvgIpc) is 2.71. The molecule has 0 spiro atoms. The third kappa shape index (κ3) is 5.44. The van der Waals surface area contributed by atoms with Crippen molar-refractivity contribution in [1.82, 2.24) is 9.21 Å². The highest BCUT2D eigenvalue weighted by atomic mass is 32.2. The molecule has 0 aliphatic heterocycles. The first-order chi connectivity index (χ1) is 14.1. The molecule has 0 aromatic heterocycles. The van der Waals surface area contributed by atoms with Gasteiger partial charge < -0.3 is 5.32 Å². The van der Waals surface area contributed by atoms with Gasteiger partial charge >= 0.3 is 0 Å². The lowest BCUT2D eigenvalue weighted by Gasteiger charge is -2.24. The monoisotopic (exact) mass is 435 g/mol. The summed E-state index contributed by atoms with van der Waals surface area (Å²) >= 11 is 0. The molecule has 6 nitrogen and oxygen atoms in total. The zero-order valence-corrected chi connectivity index (χ0v) is 19.0. The van der Waals surface area contributed by atoms with Gasteiger partial charge in [-0.05, 0) is 44.7 Å². The molecule has 0 aliphatic rings. The third-order valence-electron chi connectivity index (χ3n) is 5.20. The van der Waals surface area contributed by atoms with Gasteiger partial charge in [-0.15, -0.1) is 0 Å². The lowest BCUT2D eigenvalue weighted by molar-refractivity contribution is -0.120. The van der Waals surface area contributed by atoms with Crippen LogP contribution in [0.3, 0.4) is 0 Å². The van der Waals surface area contributed by atoms with Crippen LogP contribution < -0.4 is 5.32 Å². The first kappa shape index (κ1) is 24.0. The molecule has 2 rings (SSSR count). The number of nitrogens with zero attached hydrogens (tertiary/aromatic N) is 2. The van der Waals surface area contributed by atoms with Gasteiger partial charge in [-0.2, -0.15) is 4.31 Å². The van der Waals surface area contributed by atoms with Crippen LogP contribution in [0.1, 0.15) is 31.9 Å². The molecule has 0 aliphatic carbocycles. The number of aryl methyl sites for hydroxylation is 1. The topological polar surface area (TPSA) is 69.7 Å². The van der Waals surface area contributed by atoms with Gasteiger partial charge in [0, 0.05) is 30.9 Å². The molecule has 8 heteroatoms. The van der Waals surface area contributed by atoms with Crippen LogP contribution in [0, 0.1) is 12.7 Å². The molecule has 1 N–H and O–H groups in total. The number of carbonyl (C=O) groups is 1. The Morgan fingerprint density at radius 3 is 2.37 bits per heavy atom. The number of halogens is 1. The summed E-state index contributed by atoms with van der Waals surface area (Å²) in [4.78, 5) is 14.6. The van der Waals surface area contributed by atoms with E-state index in [0.29, 0.717) is 29.9 Å². The van der Waals surface area contributed by atoms with Crippen molar-refractivity contribution in [2.24, 2.45) is 0 Å². The molecule has 1 atom stereocenters. The van der Waals surface area contributed by atoms with Crippen LogP contribution in [0.2, 0.25) is 0 Å². The number of sulfonamides is 1. The first-order valence-corrected chi connectivity index (χ1v) is 11.4. The predicted molar refractivity (Wildman–Crippen MR) is 117 cm³/mol. The van der Waals surface area contributed by atoms with E-state index in [1.807, 2.05) is 0 Å². The summed E-state index contributed by atoms with van der Waals surface area (Å²) in [5, 5.41) is 2.78. The number of carbonyl (C=O) groups excluding carboxylic acids is 1. The fraction of sp³-hybridized carbons (Fsp3) is 0.409. The lowest BCUT2D eigenvalue weighted by Crippen LogP contribution is -2.39. The number of rotatable bonds is 9. The molecule has 0 saturated carbocycles. The van der Waals surface area contributed by atoms with Crippen molar-refractivity contribution >= 4 is 21.6 Å².